The smallest absolute Gasteiger partial charge is 0.121 e. The monoisotopic (exact) mass is 226 g/mol. The van der Waals surface area contributed by atoms with Crippen LogP contribution in [0.1, 0.15) is 27.8 Å². The second-order valence-electron chi connectivity index (χ2n) is 4.74. The van der Waals surface area contributed by atoms with Crippen LogP contribution in [0.3, 0.4) is 0 Å². The lowest BCUT2D eigenvalue weighted by Gasteiger charge is -2.08. The zero-order valence-electron chi connectivity index (χ0n) is 10.6. The molecule has 17 heavy (non-hydrogen) atoms. The summed E-state index contributed by atoms with van der Waals surface area (Å²) in [6, 6.07) is 12.7. The molecule has 0 spiro atoms. The zero-order chi connectivity index (χ0) is 12.4. The Hall–Kier alpha value is -1.76. The fraction of sp³-hybridized carbons (Fsp3) is 0.250. The molecular weight excluding hydrogens is 208 g/mol. The third-order valence-electron chi connectivity index (χ3n) is 3.08. The van der Waals surface area contributed by atoms with Crippen molar-refractivity contribution in [2.45, 2.75) is 27.2 Å². The molecular formula is C16H18O. The summed E-state index contributed by atoms with van der Waals surface area (Å²) in [5, 5.41) is 9.73. The van der Waals surface area contributed by atoms with Crippen LogP contribution in [0.4, 0.5) is 0 Å². The number of phenols is 1. The van der Waals surface area contributed by atoms with Crippen molar-refractivity contribution in [2.24, 2.45) is 0 Å². The summed E-state index contributed by atoms with van der Waals surface area (Å²) < 4.78 is 0. The minimum Gasteiger partial charge on any atom is -0.507 e. The van der Waals surface area contributed by atoms with Crippen LogP contribution >= 0.6 is 0 Å². The van der Waals surface area contributed by atoms with Crippen molar-refractivity contribution in [3.63, 3.8) is 0 Å². The third-order valence-corrected chi connectivity index (χ3v) is 3.08. The summed E-state index contributed by atoms with van der Waals surface area (Å²) >= 11 is 0. The van der Waals surface area contributed by atoms with Gasteiger partial charge in [0.05, 0.1) is 0 Å². The molecule has 0 radical (unpaired) electrons. The van der Waals surface area contributed by atoms with Gasteiger partial charge in [-0.05, 0) is 49.4 Å². The van der Waals surface area contributed by atoms with Crippen LogP contribution in [-0.4, -0.2) is 5.11 Å². The number of aryl methyl sites for hydroxylation is 3. The Morgan fingerprint density at radius 1 is 0.824 bits per heavy atom. The average Bonchev–Trinajstić information content (AvgIpc) is 2.29. The summed E-state index contributed by atoms with van der Waals surface area (Å²) in [4.78, 5) is 0. The van der Waals surface area contributed by atoms with Gasteiger partial charge < -0.3 is 5.11 Å². The van der Waals surface area contributed by atoms with Crippen molar-refractivity contribution in [2.75, 3.05) is 0 Å². The van der Waals surface area contributed by atoms with Gasteiger partial charge in [0.15, 0.2) is 0 Å². The Bertz CT molecular complexity index is 501. The lowest BCUT2D eigenvalue weighted by Crippen LogP contribution is -1.91. The van der Waals surface area contributed by atoms with E-state index in [0.29, 0.717) is 5.75 Å². The maximum Gasteiger partial charge on any atom is 0.121 e. The van der Waals surface area contributed by atoms with Crippen molar-refractivity contribution in [3.8, 4) is 5.75 Å². The van der Waals surface area contributed by atoms with Crippen LogP contribution < -0.4 is 0 Å². The van der Waals surface area contributed by atoms with Crippen molar-refractivity contribution in [1.82, 2.24) is 0 Å². The Balaban J connectivity index is 2.27. The first kappa shape index (κ1) is 11.7. The standard InChI is InChI=1S/C16H18O/c1-11-4-6-14(7-5-11)10-15-8-12(2)16(17)13(3)9-15/h4-9,17H,10H2,1-3H3. The van der Waals surface area contributed by atoms with Crippen LogP contribution in [0.25, 0.3) is 0 Å². The molecule has 2 rings (SSSR count). The fourth-order valence-electron chi connectivity index (χ4n) is 2.09. The van der Waals surface area contributed by atoms with Crippen LogP contribution in [0.2, 0.25) is 0 Å². The Morgan fingerprint density at radius 3 is 1.88 bits per heavy atom. The topological polar surface area (TPSA) is 20.2 Å². The van der Waals surface area contributed by atoms with Crippen LogP contribution in [0, 0.1) is 20.8 Å². The molecule has 0 heterocycles. The number of phenolic OH excluding ortho intramolecular Hbond substituents is 1. The van der Waals surface area contributed by atoms with Gasteiger partial charge in [0.1, 0.15) is 5.75 Å². The molecule has 1 heteroatoms. The summed E-state index contributed by atoms with van der Waals surface area (Å²) in [7, 11) is 0. The molecule has 0 aromatic heterocycles. The van der Waals surface area contributed by atoms with E-state index in [2.05, 4.69) is 43.3 Å². The SMILES string of the molecule is Cc1ccc(Cc2cc(C)c(O)c(C)c2)cc1. The second kappa shape index (κ2) is 4.62. The molecule has 2 aromatic carbocycles. The van der Waals surface area contributed by atoms with E-state index in [4.69, 9.17) is 0 Å². The number of hydrogen-bond acceptors (Lipinski definition) is 1. The van der Waals surface area contributed by atoms with Crippen molar-refractivity contribution in [3.05, 3.63) is 64.2 Å². The summed E-state index contributed by atoms with van der Waals surface area (Å²) in [6.45, 7) is 5.99. The molecule has 0 saturated heterocycles. The maximum atomic E-state index is 9.73. The van der Waals surface area contributed by atoms with E-state index < -0.39 is 0 Å². The summed E-state index contributed by atoms with van der Waals surface area (Å²) in [5.74, 6) is 0.414. The lowest BCUT2D eigenvalue weighted by atomic mass is 9.99. The van der Waals surface area contributed by atoms with Crippen LogP contribution in [-0.2, 0) is 6.42 Å². The van der Waals surface area contributed by atoms with E-state index in [1.807, 2.05) is 13.8 Å². The van der Waals surface area contributed by atoms with Crippen LogP contribution in [0.15, 0.2) is 36.4 Å². The first-order valence-corrected chi connectivity index (χ1v) is 5.91. The molecule has 0 atom stereocenters. The Labute approximate surface area is 103 Å². The molecule has 1 nitrogen and oxygen atoms in total. The zero-order valence-corrected chi connectivity index (χ0v) is 10.6. The van der Waals surface area contributed by atoms with E-state index in [1.165, 1.54) is 16.7 Å². The van der Waals surface area contributed by atoms with Gasteiger partial charge in [0, 0.05) is 0 Å². The van der Waals surface area contributed by atoms with E-state index in [-0.39, 0.29) is 0 Å². The molecule has 0 fully saturated rings. The lowest BCUT2D eigenvalue weighted by molar-refractivity contribution is 0.466. The normalized spacial score (nSPS) is 10.5. The summed E-state index contributed by atoms with van der Waals surface area (Å²) in [5.41, 5.74) is 5.74. The Morgan fingerprint density at radius 2 is 1.35 bits per heavy atom. The molecule has 0 aliphatic rings. The van der Waals surface area contributed by atoms with Gasteiger partial charge in [-0.25, -0.2) is 0 Å². The number of benzene rings is 2. The minimum absolute atomic E-state index is 0.414. The van der Waals surface area contributed by atoms with Gasteiger partial charge in [-0.3, -0.25) is 0 Å². The largest absolute Gasteiger partial charge is 0.507 e. The number of aromatic hydroxyl groups is 1. The van der Waals surface area contributed by atoms with Crippen molar-refractivity contribution >= 4 is 0 Å². The van der Waals surface area contributed by atoms with Gasteiger partial charge >= 0.3 is 0 Å². The highest BCUT2D eigenvalue weighted by Gasteiger charge is 2.04. The van der Waals surface area contributed by atoms with E-state index in [9.17, 15) is 5.11 Å². The maximum absolute atomic E-state index is 9.73. The van der Waals surface area contributed by atoms with Crippen LogP contribution in [0.5, 0.6) is 5.75 Å². The van der Waals surface area contributed by atoms with Crippen molar-refractivity contribution in [1.29, 1.82) is 0 Å². The minimum atomic E-state index is 0.414. The third kappa shape index (κ3) is 2.68. The predicted molar refractivity (Wildman–Crippen MR) is 71.6 cm³/mol. The first-order chi connectivity index (χ1) is 8.06. The molecule has 0 unspecified atom stereocenters. The molecule has 88 valence electrons. The van der Waals surface area contributed by atoms with E-state index in [0.717, 1.165) is 17.5 Å². The summed E-state index contributed by atoms with van der Waals surface area (Å²) in [6.07, 6.45) is 0.919. The molecule has 0 amide bonds. The quantitative estimate of drug-likeness (QED) is 0.823. The van der Waals surface area contributed by atoms with Gasteiger partial charge in [0.25, 0.3) is 0 Å². The van der Waals surface area contributed by atoms with Crippen molar-refractivity contribution < 1.29 is 5.11 Å². The van der Waals surface area contributed by atoms with E-state index in [1.54, 1.807) is 0 Å². The molecule has 2 aromatic rings. The fourth-order valence-corrected chi connectivity index (χ4v) is 2.09. The first-order valence-electron chi connectivity index (χ1n) is 5.91. The molecule has 0 aliphatic heterocycles. The molecule has 1 N–H and O–H groups in total. The van der Waals surface area contributed by atoms with E-state index >= 15 is 0 Å². The molecule has 0 aliphatic carbocycles. The highest BCUT2D eigenvalue weighted by atomic mass is 16.3. The highest BCUT2D eigenvalue weighted by molar-refractivity contribution is 5.43. The average molecular weight is 226 g/mol. The predicted octanol–water partition coefficient (Wildman–Crippen LogP) is 3.91. The number of rotatable bonds is 2. The van der Waals surface area contributed by atoms with Gasteiger partial charge in [-0.2, -0.15) is 0 Å². The van der Waals surface area contributed by atoms with Gasteiger partial charge in [-0.1, -0.05) is 42.0 Å². The number of hydrogen-bond donors (Lipinski definition) is 1. The molecule has 0 saturated carbocycles. The van der Waals surface area contributed by atoms with Gasteiger partial charge in [0.2, 0.25) is 0 Å². The molecule has 0 bridgehead atoms. The second-order valence-corrected chi connectivity index (χ2v) is 4.74. The van der Waals surface area contributed by atoms with Gasteiger partial charge in [-0.15, -0.1) is 0 Å². The highest BCUT2D eigenvalue weighted by Crippen LogP contribution is 2.24. The Kier molecular flexibility index (Phi) is 3.19.